The lowest BCUT2D eigenvalue weighted by atomic mass is 10.2. The van der Waals surface area contributed by atoms with E-state index in [2.05, 4.69) is 10.3 Å². The molecule has 1 aliphatic heterocycles. The normalized spacial score (nSPS) is 23.4. The van der Waals surface area contributed by atoms with E-state index in [4.69, 9.17) is 0 Å². The summed E-state index contributed by atoms with van der Waals surface area (Å²) in [7, 11) is 0. The lowest BCUT2D eigenvalue weighted by Gasteiger charge is -2.19. The Bertz CT molecular complexity index is 542. The molecule has 0 radical (unpaired) electrons. The van der Waals surface area contributed by atoms with Crippen LogP contribution in [0.4, 0.5) is 18.9 Å². The third-order valence-corrected chi connectivity index (χ3v) is 3.29. The molecule has 8 heteroatoms. The van der Waals surface area contributed by atoms with Crippen molar-refractivity contribution in [2.75, 3.05) is 5.32 Å². The van der Waals surface area contributed by atoms with Crippen LogP contribution in [0.2, 0.25) is 0 Å². The standard InChI is InChI=1S/C11H9F3N2O2S/c1-6-2-4-7(5-3-6)15-9-16-10(18,8(17)19-9)11(12,13)14/h2-5,18H,1H3,(H,15,16). The molecule has 1 unspecified atom stereocenters. The fourth-order valence-electron chi connectivity index (χ4n) is 1.37. The van der Waals surface area contributed by atoms with Crippen molar-refractivity contribution in [1.29, 1.82) is 0 Å². The average molecular weight is 290 g/mol. The summed E-state index contributed by atoms with van der Waals surface area (Å²) in [4.78, 5) is 14.3. The van der Waals surface area contributed by atoms with Crippen LogP contribution in [0.5, 0.6) is 0 Å². The number of hydrogen-bond donors (Lipinski definition) is 2. The summed E-state index contributed by atoms with van der Waals surface area (Å²) in [6, 6.07) is 6.77. The molecule has 0 saturated heterocycles. The van der Waals surface area contributed by atoms with Crippen molar-refractivity contribution < 1.29 is 23.1 Å². The van der Waals surface area contributed by atoms with Crippen LogP contribution in [0.25, 0.3) is 0 Å². The second-order valence-electron chi connectivity index (χ2n) is 3.97. The van der Waals surface area contributed by atoms with E-state index >= 15 is 0 Å². The molecule has 4 nitrogen and oxygen atoms in total. The van der Waals surface area contributed by atoms with Crippen molar-refractivity contribution in [3.05, 3.63) is 29.8 Å². The van der Waals surface area contributed by atoms with Crippen LogP contribution in [-0.4, -0.2) is 27.3 Å². The first-order valence-corrected chi connectivity index (χ1v) is 5.99. The highest BCUT2D eigenvalue weighted by Gasteiger charge is 2.63. The zero-order valence-electron chi connectivity index (χ0n) is 9.65. The van der Waals surface area contributed by atoms with Crippen LogP contribution in [0.3, 0.4) is 0 Å². The Hall–Kier alpha value is -1.54. The van der Waals surface area contributed by atoms with E-state index in [0.717, 1.165) is 5.56 Å². The number of aryl methyl sites for hydroxylation is 1. The average Bonchev–Trinajstić information content (AvgIpc) is 2.58. The van der Waals surface area contributed by atoms with Crippen molar-refractivity contribution in [3.63, 3.8) is 0 Å². The van der Waals surface area contributed by atoms with Gasteiger partial charge < -0.3 is 10.4 Å². The molecule has 2 rings (SSSR count). The van der Waals surface area contributed by atoms with Gasteiger partial charge in [0.25, 0.3) is 5.12 Å². The molecule has 0 bridgehead atoms. The molecule has 1 aromatic carbocycles. The fraction of sp³-hybridized carbons (Fsp3) is 0.273. The Morgan fingerprint density at radius 3 is 2.37 bits per heavy atom. The molecule has 19 heavy (non-hydrogen) atoms. The number of aliphatic imine (C=N–C) groups is 1. The number of thioether (sulfide) groups is 1. The zero-order chi connectivity index (χ0) is 14.3. The smallest absolute Gasteiger partial charge is 0.356 e. The van der Waals surface area contributed by atoms with E-state index in [1.807, 2.05) is 6.92 Å². The summed E-state index contributed by atoms with van der Waals surface area (Å²) in [5, 5.41) is 10.1. The Labute approximate surface area is 110 Å². The monoisotopic (exact) mass is 290 g/mol. The minimum atomic E-state index is -5.13. The molecular formula is C11H9F3N2O2S. The minimum Gasteiger partial charge on any atom is -0.356 e. The molecule has 1 aliphatic rings. The summed E-state index contributed by atoms with van der Waals surface area (Å²) in [6.45, 7) is 1.86. The van der Waals surface area contributed by atoms with Gasteiger partial charge in [-0.2, -0.15) is 13.2 Å². The van der Waals surface area contributed by atoms with E-state index in [9.17, 15) is 23.1 Å². The quantitative estimate of drug-likeness (QED) is 0.833. The number of benzene rings is 1. The molecule has 0 aromatic heterocycles. The molecule has 1 aromatic rings. The topological polar surface area (TPSA) is 61.7 Å². The van der Waals surface area contributed by atoms with Gasteiger partial charge in [0.05, 0.1) is 0 Å². The predicted molar refractivity (Wildman–Crippen MR) is 65.8 cm³/mol. The van der Waals surface area contributed by atoms with Crippen LogP contribution >= 0.6 is 11.8 Å². The number of amidine groups is 1. The Kier molecular flexibility index (Phi) is 3.31. The van der Waals surface area contributed by atoms with Gasteiger partial charge in [0.2, 0.25) is 0 Å². The van der Waals surface area contributed by atoms with Crippen molar-refractivity contribution >= 4 is 27.7 Å². The number of anilines is 1. The first-order chi connectivity index (χ1) is 8.72. The number of alkyl halides is 3. The van der Waals surface area contributed by atoms with Gasteiger partial charge in [-0.05, 0) is 30.8 Å². The minimum absolute atomic E-state index is 0.228. The maximum atomic E-state index is 12.5. The van der Waals surface area contributed by atoms with Crippen LogP contribution in [0, 0.1) is 6.92 Å². The number of aliphatic hydroxyl groups is 1. The lowest BCUT2D eigenvalue weighted by Crippen LogP contribution is -2.47. The van der Waals surface area contributed by atoms with Gasteiger partial charge >= 0.3 is 11.9 Å². The summed E-state index contributed by atoms with van der Waals surface area (Å²) in [5.41, 5.74) is -2.20. The van der Waals surface area contributed by atoms with E-state index in [-0.39, 0.29) is 16.9 Å². The molecule has 0 aliphatic carbocycles. The summed E-state index contributed by atoms with van der Waals surface area (Å²) >= 11 is 0.228. The highest BCUT2D eigenvalue weighted by Crippen LogP contribution is 2.40. The van der Waals surface area contributed by atoms with Crippen LogP contribution in [-0.2, 0) is 4.79 Å². The van der Waals surface area contributed by atoms with Gasteiger partial charge in [-0.15, -0.1) is 0 Å². The maximum absolute atomic E-state index is 12.5. The second kappa shape index (κ2) is 4.53. The molecule has 0 amide bonds. The first-order valence-electron chi connectivity index (χ1n) is 5.17. The van der Waals surface area contributed by atoms with Crippen molar-refractivity contribution in [2.45, 2.75) is 18.8 Å². The fourth-order valence-corrected chi connectivity index (χ4v) is 2.19. The summed E-state index contributed by atoms with van der Waals surface area (Å²) in [5.74, 6) is 0. The van der Waals surface area contributed by atoms with Crippen LogP contribution in [0.15, 0.2) is 29.3 Å². The Morgan fingerprint density at radius 1 is 1.32 bits per heavy atom. The van der Waals surface area contributed by atoms with E-state index in [1.165, 1.54) is 0 Å². The van der Waals surface area contributed by atoms with E-state index < -0.39 is 17.0 Å². The van der Waals surface area contributed by atoms with Gasteiger partial charge in [-0.25, -0.2) is 4.99 Å². The lowest BCUT2D eigenvalue weighted by molar-refractivity contribution is -0.242. The summed E-state index contributed by atoms with van der Waals surface area (Å²) < 4.78 is 37.6. The number of rotatable bonds is 1. The molecule has 2 N–H and O–H groups in total. The van der Waals surface area contributed by atoms with E-state index in [1.54, 1.807) is 24.3 Å². The Morgan fingerprint density at radius 2 is 1.89 bits per heavy atom. The number of halogens is 3. The summed E-state index contributed by atoms with van der Waals surface area (Å²) in [6.07, 6.45) is -5.13. The largest absolute Gasteiger partial charge is 0.447 e. The first kappa shape index (κ1) is 13.9. The number of nitrogens with one attached hydrogen (secondary N) is 1. The number of nitrogens with zero attached hydrogens (tertiary/aromatic N) is 1. The molecule has 102 valence electrons. The maximum Gasteiger partial charge on any atom is 0.447 e. The van der Waals surface area contributed by atoms with Gasteiger partial charge in [0.1, 0.15) is 0 Å². The van der Waals surface area contributed by atoms with Crippen LogP contribution < -0.4 is 5.32 Å². The molecule has 1 heterocycles. The molecule has 0 spiro atoms. The Balaban J connectivity index is 2.22. The zero-order valence-corrected chi connectivity index (χ0v) is 10.5. The van der Waals surface area contributed by atoms with Crippen LogP contribution in [0.1, 0.15) is 5.56 Å². The number of carbonyl (C=O) groups excluding carboxylic acids is 1. The van der Waals surface area contributed by atoms with Crippen molar-refractivity contribution in [1.82, 2.24) is 0 Å². The number of hydrogen-bond acceptors (Lipinski definition) is 5. The van der Waals surface area contributed by atoms with Crippen molar-refractivity contribution in [2.24, 2.45) is 4.99 Å². The molecular weight excluding hydrogens is 281 g/mol. The highest BCUT2D eigenvalue weighted by atomic mass is 32.2. The van der Waals surface area contributed by atoms with Gasteiger partial charge in [-0.3, -0.25) is 4.79 Å². The van der Waals surface area contributed by atoms with E-state index in [0.29, 0.717) is 5.69 Å². The number of carbonyl (C=O) groups is 1. The predicted octanol–water partition coefficient (Wildman–Crippen LogP) is 2.29. The SMILES string of the molecule is Cc1ccc(NC2=NC(O)(C(F)(F)F)C(=O)S2)cc1. The molecule has 0 fully saturated rings. The molecule has 0 saturated carbocycles. The van der Waals surface area contributed by atoms with Gasteiger partial charge in [0, 0.05) is 5.69 Å². The van der Waals surface area contributed by atoms with Gasteiger partial charge in [0.15, 0.2) is 5.17 Å². The van der Waals surface area contributed by atoms with Crippen molar-refractivity contribution in [3.8, 4) is 0 Å². The highest BCUT2D eigenvalue weighted by molar-refractivity contribution is 8.27. The third-order valence-electron chi connectivity index (χ3n) is 2.44. The molecule has 1 atom stereocenters. The second-order valence-corrected chi connectivity index (χ2v) is 4.93. The van der Waals surface area contributed by atoms with Gasteiger partial charge in [-0.1, -0.05) is 17.7 Å². The third kappa shape index (κ3) is 2.59.